The molecule has 2 heterocycles. The Bertz CT molecular complexity index is 259. The summed E-state index contributed by atoms with van der Waals surface area (Å²) in [5.41, 5.74) is 0.862. The zero-order valence-corrected chi connectivity index (χ0v) is 5.32. The van der Waals surface area contributed by atoms with Crippen LogP contribution in [0.3, 0.4) is 0 Å². The molecule has 0 aromatic carbocycles. The van der Waals surface area contributed by atoms with E-state index in [1.807, 2.05) is 12.2 Å². The zero-order chi connectivity index (χ0) is 6.81. The lowest BCUT2D eigenvalue weighted by Crippen LogP contribution is -1.78. The molecule has 0 unspecified atom stereocenters. The molecule has 0 N–H and O–H groups in total. The molecular weight excluding hydrogens is 128 g/mol. The third-order valence-electron chi connectivity index (χ3n) is 1.32. The maximum Gasteiger partial charge on any atom is 0.182 e. The van der Waals surface area contributed by atoms with Crippen LogP contribution < -0.4 is 0 Å². The summed E-state index contributed by atoms with van der Waals surface area (Å²) in [6.45, 7) is 0.714. The van der Waals surface area contributed by atoms with Crippen molar-refractivity contribution in [2.24, 2.45) is 4.99 Å². The Balaban J connectivity index is 2.56. The first-order valence-electron chi connectivity index (χ1n) is 3.06. The van der Waals surface area contributed by atoms with Crippen molar-refractivity contribution in [3.05, 3.63) is 23.9 Å². The number of rotatable bonds is 0. The summed E-state index contributed by atoms with van der Waals surface area (Å²) in [5.74, 6) is 0.744. The Labute approximate surface area is 58.1 Å². The minimum atomic E-state index is 0.714. The van der Waals surface area contributed by atoms with E-state index in [1.165, 1.54) is 6.39 Å². The maximum absolute atomic E-state index is 5.02. The first kappa shape index (κ1) is 5.41. The van der Waals surface area contributed by atoms with Crippen LogP contribution in [-0.4, -0.2) is 17.7 Å². The highest BCUT2D eigenvalue weighted by Crippen LogP contribution is 2.07. The average Bonchev–Trinajstić information content (AvgIpc) is 2.28. The average molecular weight is 134 g/mol. The lowest BCUT2D eigenvalue weighted by atomic mass is 10.3. The van der Waals surface area contributed by atoms with Crippen LogP contribution in [0.15, 0.2) is 21.9 Å². The smallest absolute Gasteiger partial charge is 0.182 e. The molecule has 1 aliphatic heterocycles. The summed E-state index contributed by atoms with van der Waals surface area (Å²) in [7, 11) is 0. The molecule has 2 rings (SSSR count). The predicted molar refractivity (Wildman–Crippen MR) is 38.0 cm³/mol. The summed E-state index contributed by atoms with van der Waals surface area (Å²) >= 11 is 0. The van der Waals surface area contributed by atoms with Crippen molar-refractivity contribution in [1.29, 1.82) is 0 Å². The minimum absolute atomic E-state index is 0.714. The fourth-order valence-electron chi connectivity index (χ4n) is 0.846. The second-order valence-electron chi connectivity index (χ2n) is 2.00. The number of aromatic nitrogens is 1. The van der Waals surface area contributed by atoms with Gasteiger partial charge in [-0.1, -0.05) is 6.08 Å². The summed E-state index contributed by atoms with van der Waals surface area (Å²) in [6.07, 6.45) is 6.98. The van der Waals surface area contributed by atoms with Crippen LogP contribution >= 0.6 is 0 Å². The van der Waals surface area contributed by atoms with Crippen LogP contribution in [0, 0.1) is 0 Å². The van der Waals surface area contributed by atoms with Crippen molar-refractivity contribution in [3.63, 3.8) is 0 Å². The molecule has 1 aromatic rings. The van der Waals surface area contributed by atoms with Crippen LogP contribution in [0.2, 0.25) is 0 Å². The number of nitrogens with zero attached hydrogens (tertiary/aromatic N) is 2. The minimum Gasteiger partial charge on any atom is -0.442 e. The lowest BCUT2D eigenvalue weighted by Gasteiger charge is -1.80. The number of hydrogen-bond donors (Lipinski definition) is 0. The van der Waals surface area contributed by atoms with E-state index < -0.39 is 0 Å². The SMILES string of the molecule is C1=Cc2ncoc2C=NC1. The summed E-state index contributed by atoms with van der Waals surface area (Å²) in [6, 6.07) is 0. The van der Waals surface area contributed by atoms with Crippen molar-refractivity contribution in [2.75, 3.05) is 6.54 Å². The standard InChI is InChI=1S/C7H6N2O/c1-2-6-7(4-8-3-1)10-5-9-6/h1-2,4-5H,3H2. The Morgan fingerprint density at radius 1 is 1.50 bits per heavy atom. The van der Waals surface area contributed by atoms with Crippen LogP contribution in [-0.2, 0) is 0 Å². The van der Waals surface area contributed by atoms with E-state index in [0.29, 0.717) is 6.54 Å². The van der Waals surface area contributed by atoms with E-state index in [9.17, 15) is 0 Å². The molecule has 0 radical (unpaired) electrons. The quantitative estimate of drug-likeness (QED) is 0.533. The van der Waals surface area contributed by atoms with Gasteiger partial charge in [0.15, 0.2) is 12.2 Å². The van der Waals surface area contributed by atoms with Gasteiger partial charge in [0.2, 0.25) is 0 Å². The Hall–Kier alpha value is -1.38. The first-order chi connectivity index (χ1) is 4.97. The summed E-state index contributed by atoms with van der Waals surface area (Å²) in [5, 5.41) is 0. The predicted octanol–water partition coefficient (Wildman–Crippen LogP) is 1.12. The molecule has 1 aliphatic rings. The van der Waals surface area contributed by atoms with E-state index in [4.69, 9.17) is 4.42 Å². The number of aliphatic imine (C=N–C) groups is 1. The van der Waals surface area contributed by atoms with Crippen LogP contribution in [0.4, 0.5) is 0 Å². The van der Waals surface area contributed by atoms with Gasteiger partial charge in [-0.2, -0.15) is 0 Å². The van der Waals surface area contributed by atoms with Gasteiger partial charge in [-0.3, -0.25) is 4.99 Å². The van der Waals surface area contributed by atoms with E-state index in [-0.39, 0.29) is 0 Å². The van der Waals surface area contributed by atoms with E-state index >= 15 is 0 Å². The number of hydrogen-bond acceptors (Lipinski definition) is 3. The molecule has 0 spiro atoms. The molecule has 0 fully saturated rings. The third kappa shape index (κ3) is 0.757. The van der Waals surface area contributed by atoms with Crippen LogP contribution in [0.25, 0.3) is 6.08 Å². The monoisotopic (exact) mass is 134 g/mol. The van der Waals surface area contributed by atoms with E-state index in [2.05, 4.69) is 9.98 Å². The van der Waals surface area contributed by atoms with E-state index in [0.717, 1.165) is 11.5 Å². The van der Waals surface area contributed by atoms with Gasteiger partial charge in [0.05, 0.1) is 12.8 Å². The van der Waals surface area contributed by atoms with E-state index in [1.54, 1.807) is 6.21 Å². The van der Waals surface area contributed by atoms with Gasteiger partial charge in [-0.05, 0) is 6.08 Å². The maximum atomic E-state index is 5.02. The van der Waals surface area contributed by atoms with Gasteiger partial charge in [-0.25, -0.2) is 4.98 Å². The molecule has 0 saturated carbocycles. The Morgan fingerprint density at radius 2 is 2.50 bits per heavy atom. The molecule has 0 saturated heterocycles. The topological polar surface area (TPSA) is 38.4 Å². The molecule has 0 bridgehead atoms. The van der Waals surface area contributed by atoms with Crippen LogP contribution in [0.5, 0.6) is 0 Å². The number of fused-ring (bicyclic) bond motifs is 1. The first-order valence-corrected chi connectivity index (χ1v) is 3.06. The Morgan fingerprint density at radius 3 is 3.50 bits per heavy atom. The van der Waals surface area contributed by atoms with Crippen molar-refractivity contribution < 1.29 is 4.42 Å². The Kier molecular flexibility index (Phi) is 1.13. The molecule has 0 amide bonds. The molecule has 0 aliphatic carbocycles. The lowest BCUT2D eigenvalue weighted by molar-refractivity contribution is 0.551. The molecule has 0 atom stereocenters. The highest BCUT2D eigenvalue weighted by molar-refractivity contribution is 5.81. The molecule has 50 valence electrons. The second kappa shape index (κ2) is 2.10. The van der Waals surface area contributed by atoms with Gasteiger partial charge < -0.3 is 4.42 Å². The van der Waals surface area contributed by atoms with Crippen molar-refractivity contribution >= 4 is 12.3 Å². The fourth-order valence-corrected chi connectivity index (χ4v) is 0.846. The zero-order valence-electron chi connectivity index (χ0n) is 5.32. The highest BCUT2D eigenvalue weighted by atomic mass is 16.3. The van der Waals surface area contributed by atoms with Gasteiger partial charge >= 0.3 is 0 Å². The fraction of sp³-hybridized carbons (Fsp3) is 0.143. The van der Waals surface area contributed by atoms with Gasteiger partial charge in [-0.15, -0.1) is 0 Å². The summed E-state index contributed by atoms with van der Waals surface area (Å²) < 4.78 is 5.02. The summed E-state index contributed by atoms with van der Waals surface area (Å²) in [4.78, 5) is 8.01. The van der Waals surface area contributed by atoms with Crippen molar-refractivity contribution in [1.82, 2.24) is 4.98 Å². The molecule has 3 nitrogen and oxygen atoms in total. The van der Waals surface area contributed by atoms with Gasteiger partial charge in [0.1, 0.15) is 5.69 Å². The van der Waals surface area contributed by atoms with Crippen molar-refractivity contribution in [2.45, 2.75) is 0 Å². The largest absolute Gasteiger partial charge is 0.442 e. The van der Waals surface area contributed by atoms with Crippen molar-refractivity contribution in [3.8, 4) is 0 Å². The highest BCUT2D eigenvalue weighted by Gasteiger charge is 2.02. The molecule has 1 aromatic heterocycles. The molecule has 3 heteroatoms. The molecule has 10 heavy (non-hydrogen) atoms. The molecular formula is C7H6N2O. The third-order valence-corrected chi connectivity index (χ3v) is 1.32. The van der Waals surface area contributed by atoms with Crippen LogP contribution in [0.1, 0.15) is 11.5 Å². The van der Waals surface area contributed by atoms with Gasteiger partial charge in [0, 0.05) is 0 Å². The van der Waals surface area contributed by atoms with Gasteiger partial charge in [0.25, 0.3) is 0 Å². The number of oxazole rings is 1. The second-order valence-corrected chi connectivity index (χ2v) is 2.00. The normalized spacial score (nSPS) is 14.8.